The highest BCUT2D eigenvalue weighted by atomic mass is 35.5. The van der Waals surface area contributed by atoms with Gasteiger partial charge in [-0.15, -0.1) is 13.2 Å². The molecule has 2 rings (SSSR count). The number of oxime groups is 1. The summed E-state index contributed by atoms with van der Waals surface area (Å²) in [7, 11) is -1.61. The summed E-state index contributed by atoms with van der Waals surface area (Å²) in [4.78, 5) is 0.0422. The van der Waals surface area contributed by atoms with E-state index in [1.807, 2.05) is 0 Å². The standard InChI is InChI=1S/C12H9Cl2F3N4O3S/c1-25(23)10-8(4-19-22)20-21(11(10)18)9-6(13)2-5(3-7(9)14)24-12(15,16)17/h2-4,22H,18H2,1H3. The van der Waals surface area contributed by atoms with Gasteiger partial charge in [-0.25, -0.2) is 4.68 Å². The van der Waals surface area contributed by atoms with Crippen LogP contribution in [0.3, 0.4) is 0 Å². The first-order valence-electron chi connectivity index (χ1n) is 6.19. The number of hydrogen-bond acceptors (Lipinski definition) is 6. The fourth-order valence-corrected chi connectivity index (χ4v) is 3.37. The molecule has 0 saturated heterocycles. The maximum atomic E-state index is 12.3. The molecule has 0 bridgehead atoms. The maximum Gasteiger partial charge on any atom is 0.573 e. The number of aromatic nitrogens is 2. The van der Waals surface area contributed by atoms with Gasteiger partial charge in [-0.1, -0.05) is 28.4 Å². The number of nitrogens with zero attached hydrogens (tertiary/aromatic N) is 3. The van der Waals surface area contributed by atoms with E-state index in [9.17, 15) is 17.4 Å². The Hall–Kier alpha value is -1.98. The van der Waals surface area contributed by atoms with Crippen molar-refractivity contribution in [2.24, 2.45) is 5.16 Å². The minimum Gasteiger partial charge on any atom is -0.411 e. The van der Waals surface area contributed by atoms with Crippen molar-refractivity contribution in [2.45, 2.75) is 11.3 Å². The third kappa shape index (κ3) is 4.17. The SMILES string of the molecule is CS(=O)c1c(C=NO)nn(-c2c(Cl)cc(OC(F)(F)F)cc2Cl)c1N. The summed E-state index contributed by atoms with van der Waals surface area (Å²) in [5.41, 5.74) is 5.80. The van der Waals surface area contributed by atoms with E-state index in [0.717, 1.165) is 23.0 Å². The molecule has 0 aliphatic heterocycles. The van der Waals surface area contributed by atoms with Gasteiger partial charge in [0.25, 0.3) is 0 Å². The fourth-order valence-electron chi connectivity index (χ4n) is 1.98. The highest BCUT2D eigenvalue weighted by Crippen LogP contribution is 2.37. The highest BCUT2D eigenvalue weighted by Gasteiger charge is 2.32. The first-order valence-corrected chi connectivity index (χ1v) is 8.51. The molecule has 0 radical (unpaired) electrons. The van der Waals surface area contributed by atoms with E-state index in [4.69, 9.17) is 34.1 Å². The lowest BCUT2D eigenvalue weighted by atomic mass is 10.3. The summed E-state index contributed by atoms with van der Waals surface area (Å²) in [6, 6.07) is 1.75. The Kier molecular flexibility index (Phi) is 5.49. The molecule has 0 fully saturated rings. The molecule has 7 nitrogen and oxygen atoms in total. The van der Waals surface area contributed by atoms with Crippen LogP contribution in [0.5, 0.6) is 5.75 Å². The smallest absolute Gasteiger partial charge is 0.411 e. The van der Waals surface area contributed by atoms with Gasteiger partial charge in [0.2, 0.25) is 0 Å². The van der Waals surface area contributed by atoms with Gasteiger partial charge in [-0.05, 0) is 0 Å². The molecular weight excluding hydrogens is 408 g/mol. The van der Waals surface area contributed by atoms with Crippen LogP contribution in [0.1, 0.15) is 5.69 Å². The molecule has 1 aromatic heterocycles. The molecule has 0 aliphatic carbocycles. The number of ether oxygens (including phenoxy) is 1. The zero-order valence-electron chi connectivity index (χ0n) is 12.2. The van der Waals surface area contributed by atoms with Crippen LogP contribution in [-0.4, -0.2) is 38.0 Å². The number of nitrogen functional groups attached to an aromatic ring is 1. The predicted octanol–water partition coefficient (Wildman–Crippen LogP) is 3.21. The monoisotopic (exact) mass is 416 g/mol. The molecule has 2 aromatic rings. The molecule has 0 amide bonds. The van der Waals surface area contributed by atoms with E-state index >= 15 is 0 Å². The van der Waals surface area contributed by atoms with Crippen LogP contribution in [0, 0.1) is 0 Å². The topological polar surface area (TPSA) is 103 Å². The molecule has 3 N–H and O–H groups in total. The van der Waals surface area contributed by atoms with Crippen LogP contribution in [0.25, 0.3) is 5.69 Å². The zero-order valence-corrected chi connectivity index (χ0v) is 14.5. The van der Waals surface area contributed by atoms with E-state index in [1.165, 1.54) is 6.26 Å². The quantitative estimate of drug-likeness (QED) is 0.452. The molecular formula is C12H9Cl2F3N4O3S. The van der Waals surface area contributed by atoms with Gasteiger partial charge in [0, 0.05) is 18.4 Å². The number of nitrogens with two attached hydrogens (primary N) is 1. The van der Waals surface area contributed by atoms with Crippen molar-refractivity contribution in [3.8, 4) is 11.4 Å². The summed E-state index contributed by atoms with van der Waals surface area (Å²) >= 11 is 12.0. The second-order valence-corrected chi connectivity index (χ2v) is 6.62. The molecule has 1 atom stereocenters. The van der Waals surface area contributed by atoms with E-state index < -0.39 is 22.9 Å². The number of halogens is 5. The van der Waals surface area contributed by atoms with Crippen molar-refractivity contribution >= 4 is 46.0 Å². The molecule has 136 valence electrons. The number of anilines is 1. The second kappa shape index (κ2) is 7.10. The molecule has 0 saturated carbocycles. The Morgan fingerprint density at radius 1 is 1.40 bits per heavy atom. The average Bonchev–Trinajstić information content (AvgIpc) is 2.73. The van der Waals surface area contributed by atoms with Gasteiger partial charge in [-0.2, -0.15) is 5.10 Å². The first kappa shape index (κ1) is 19.3. The summed E-state index contributed by atoms with van der Waals surface area (Å²) in [5, 5.41) is 14.9. The average molecular weight is 417 g/mol. The third-order valence-electron chi connectivity index (χ3n) is 2.80. The van der Waals surface area contributed by atoms with Crippen molar-refractivity contribution in [3.63, 3.8) is 0 Å². The van der Waals surface area contributed by atoms with E-state index in [-0.39, 0.29) is 32.1 Å². The van der Waals surface area contributed by atoms with Crippen LogP contribution >= 0.6 is 23.2 Å². The minimum absolute atomic E-state index is 0.0245. The lowest BCUT2D eigenvalue weighted by Gasteiger charge is -2.13. The van der Waals surface area contributed by atoms with Gasteiger partial charge in [0.1, 0.15) is 27.8 Å². The van der Waals surface area contributed by atoms with E-state index in [0.29, 0.717) is 0 Å². The fraction of sp³-hybridized carbons (Fsp3) is 0.167. The van der Waals surface area contributed by atoms with Crippen molar-refractivity contribution in [1.29, 1.82) is 0 Å². The van der Waals surface area contributed by atoms with E-state index in [1.54, 1.807) is 0 Å². The van der Waals surface area contributed by atoms with Crippen LogP contribution < -0.4 is 10.5 Å². The first-order chi connectivity index (χ1) is 11.5. The number of benzene rings is 1. The Morgan fingerprint density at radius 3 is 2.40 bits per heavy atom. The number of rotatable bonds is 4. The lowest BCUT2D eigenvalue weighted by Crippen LogP contribution is -2.17. The molecule has 0 spiro atoms. The lowest BCUT2D eigenvalue weighted by molar-refractivity contribution is -0.274. The molecule has 0 aliphatic rings. The molecule has 13 heteroatoms. The zero-order chi connectivity index (χ0) is 18.9. The van der Waals surface area contributed by atoms with Gasteiger partial charge < -0.3 is 15.7 Å². The van der Waals surface area contributed by atoms with Crippen LogP contribution in [0.4, 0.5) is 19.0 Å². The van der Waals surface area contributed by atoms with Crippen molar-refractivity contribution in [2.75, 3.05) is 12.0 Å². The molecule has 1 aromatic carbocycles. The predicted molar refractivity (Wildman–Crippen MR) is 86.4 cm³/mol. The Bertz CT molecular complexity index is 847. The normalized spacial score (nSPS) is 13.4. The minimum atomic E-state index is -4.92. The van der Waals surface area contributed by atoms with Gasteiger partial charge in [0.05, 0.1) is 27.1 Å². The third-order valence-corrected chi connectivity index (χ3v) is 4.37. The largest absolute Gasteiger partial charge is 0.573 e. The van der Waals surface area contributed by atoms with Crippen molar-refractivity contribution in [1.82, 2.24) is 9.78 Å². The highest BCUT2D eigenvalue weighted by molar-refractivity contribution is 7.84. The maximum absolute atomic E-state index is 12.3. The number of alkyl halides is 3. The molecule has 1 unspecified atom stereocenters. The molecule has 1 heterocycles. The Labute approximate surface area is 151 Å². The molecule has 25 heavy (non-hydrogen) atoms. The van der Waals surface area contributed by atoms with Crippen LogP contribution in [0.15, 0.2) is 22.2 Å². The summed E-state index contributed by atoms with van der Waals surface area (Å²) < 4.78 is 53.5. The van der Waals surface area contributed by atoms with Gasteiger partial charge >= 0.3 is 6.36 Å². The van der Waals surface area contributed by atoms with Crippen molar-refractivity contribution < 1.29 is 27.3 Å². The summed E-state index contributed by atoms with van der Waals surface area (Å²) in [6.45, 7) is 0. The Balaban J connectivity index is 2.63. The summed E-state index contributed by atoms with van der Waals surface area (Å²) in [6.07, 6.45) is -2.71. The number of hydrogen-bond donors (Lipinski definition) is 2. The Morgan fingerprint density at radius 2 is 1.96 bits per heavy atom. The van der Waals surface area contributed by atoms with Gasteiger partial charge in [-0.3, -0.25) is 4.21 Å². The van der Waals surface area contributed by atoms with E-state index in [2.05, 4.69) is 15.0 Å². The summed E-state index contributed by atoms with van der Waals surface area (Å²) in [5.74, 6) is -0.766. The van der Waals surface area contributed by atoms with Gasteiger partial charge in [0.15, 0.2) is 0 Å². The second-order valence-electron chi connectivity index (χ2n) is 4.49. The van der Waals surface area contributed by atoms with Crippen LogP contribution in [0.2, 0.25) is 10.0 Å². The van der Waals surface area contributed by atoms with Crippen molar-refractivity contribution in [3.05, 3.63) is 27.9 Å². The van der Waals surface area contributed by atoms with Crippen LogP contribution in [-0.2, 0) is 10.8 Å².